The van der Waals surface area contributed by atoms with Gasteiger partial charge < -0.3 is 0 Å². The molecule has 0 aliphatic rings. The van der Waals surface area contributed by atoms with E-state index in [0.717, 1.165) is 22.6 Å². The summed E-state index contributed by atoms with van der Waals surface area (Å²) < 4.78 is 0. The molecule has 2 heteroatoms. The molecule has 0 spiro atoms. The summed E-state index contributed by atoms with van der Waals surface area (Å²) in [6.45, 7) is 19.4. The second-order valence-corrected chi connectivity index (χ2v) is 14.0. The summed E-state index contributed by atoms with van der Waals surface area (Å²) in [5.41, 5.74) is 3.66. The van der Waals surface area contributed by atoms with E-state index >= 15 is 0 Å². The fourth-order valence-corrected chi connectivity index (χ4v) is 8.62. The molecule has 0 heterocycles. The number of unbranched alkanes of at least 4 members (excludes halogenated alkanes) is 2. The largest absolute Gasteiger partial charge is 0.101 e. The molecule has 19 heavy (non-hydrogen) atoms. The average Bonchev–Trinajstić information content (AvgIpc) is 2.25. The van der Waals surface area contributed by atoms with E-state index in [1.54, 1.807) is 0 Å². The summed E-state index contributed by atoms with van der Waals surface area (Å²) in [7, 11) is 0.540. The summed E-state index contributed by atoms with van der Waals surface area (Å²) in [5.74, 6) is 0. The fraction of sp³-hybridized carbons (Fsp3) is 1.00. The van der Waals surface area contributed by atoms with Gasteiger partial charge in [-0.15, -0.1) is 15.8 Å². The van der Waals surface area contributed by atoms with E-state index in [1.807, 2.05) is 0 Å². The lowest BCUT2D eigenvalue weighted by Gasteiger charge is -2.27. The van der Waals surface area contributed by atoms with Crippen molar-refractivity contribution in [1.29, 1.82) is 0 Å². The molecule has 0 saturated carbocycles. The molecule has 0 aliphatic heterocycles. The van der Waals surface area contributed by atoms with Gasteiger partial charge in [0.25, 0.3) is 0 Å². The highest BCUT2D eigenvalue weighted by Crippen LogP contribution is 2.48. The maximum Gasteiger partial charge on any atom is -0.0264 e. The van der Waals surface area contributed by atoms with Crippen molar-refractivity contribution >= 4 is 15.8 Å². The summed E-state index contributed by atoms with van der Waals surface area (Å²) in [6.07, 6.45) is 7.43. The molecule has 0 unspecified atom stereocenters. The van der Waals surface area contributed by atoms with Gasteiger partial charge in [-0.2, -0.15) is 0 Å². The Labute approximate surface area is 126 Å². The Morgan fingerprint density at radius 3 is 0.947 bits per heavy atom. The molecule has 0 aromatic rings. The van der Waals surface area contributed by atoms with Crippen molar-refractivity contribution in [2.75, 3.05) is 12.3 Å². The smallest absolute Gasteiger partial charge is 0.0264 e. The third-order valence-corrected chi connectivity index (χ3v) is 11.0. The summed E-state index contributed by atoms with van der Waals surface area (Å²) in [6, 6.07) is 0. The third kappa shape index (κ3) is 8.67. The molecule has 116 valence electrons. The number of hydrogen-bond donors (Lipinski definition) is 0. The van der Waals surface area contributed by atoms with Crippen LogP contribution in [0.3, 0.4) is 0 Å². The van der Waals surface area contributed by atoms with Crippen LogP contribution >= 0.6 is 15.8 Å². The molecule has 0 saturated heterocycles. The van der Waals surface area contributed by atoms with Crippen LogP contribution in [0.2, 0.25) is 0 Å². The van der Waals surface area contributed by atoms with Crippen LogP contribution in [-0.4, -0.2) is 35.0 Å². The predicted octanol–water partition coefficient (Wildman–Crippen LogP) is 6.75. The molecule has 0 nitrogen and oxygen atoms in total. The first-order chi connectivity index (χ1) is 8.77. The monoisotopic (exact) mass is 304 g/mol. The van der Waals surface area contributed by atoms with E-state index in [1.165, 1.54) is 31.6 Å². The van der Waals surface area contributed by atoms with E-state index < -0.39 is 0 Å². The molecule has 0 atom stereocenters. The molecule has 0 N–H and O–H groups in total. The first-order valence-corrected chi connectivity index (χ1v) is 11.6. The van der Waals surface area contributed by atoms with Crippen LogP contribution < -0.4 is 0 Å². The summed E-state index contributed by atoms with van der Waals surface area (Å²) in [4.78, 5) is 0. The zero-order chi connectivity index (χ0) is 15.0. The fourth-order valence-electron chi connectivity index (χ4n) is 2.99. The van der Waals surface area contributed by atoms with E-state index in [9.17, 15) is 0 Å². The normalized spacial score (nSPS) is 12.9. The molecular formula is C17H38P2. The lowest BCUT2D eigenvalue weighted by molar-refractivity contribution is 0.768. The molecule has 0 bridgehead atoms. The number of hydrogen-bond acceptors (Lipinski definition) is 0. The Morgan fingerprint density at radius 2 is 0.737 bits per heavy atom. The minimum atomic E-state index is 0.270. The Balaban J connectivity index is 3.85. The van der Waals surface area contributed by atoms with Crippen LogP contribution in [0.25, 0.3) is 0 Å². The van der Waals surface area contributed by atoms with Gasteiger partial charge in [-0.25, -0.2) is 0 Å². The predicted molar refractivity (Wildman–Crippen MR) is 98.0 cm³/mol. The first-order valence-electron chi connectivity index (χ1n) is 8.28. The van der Waals surface area contributed by atoms with Crippen molar-refractivity contribution in [2.45, 2.75) is 97.3 Å². The molecule has 0 aliphatic carbocycles. The van der Waals surface area contributed by atoms with Gasteiger partial charge in [0.1, 0.15) is 0 Å². The Kier molecular flexibility index (Phi) is 11.0. The second-order valence-electron chi connectivity index (χ2n) is 6.91. The van der Waals surface area contributed by atoms with Gasteiger partial charge in [0.15, 0.2) is 0 Å². The van der Waals surface area contributed by atoms with Crippen LogP contribution in [0, 0.1) is 0 Å². The molecule has 0 aromatic carbocycles. The van der Waals surface area contributed by atoms with E-state index in [2.05, 4.69) is 55.4 Å². The highest BCUT2D eigenvalue weighted by Gasteiger charge is 2.17. The van der Waals surface area contributed by atoms with E-state index in [0.29, 0.717) is 0 Å². The quantitative estimate of drug-likeness (QED) is 0.309. The summed E-state index contributed by atoms with van der Waals surface area (Å²) in [5, 5.41) is 0. The highest BCUT2D eigenvalue weighted by atomic mass is 31.1. The van der Waals surface area contributed by atoms with Gasteiger partial charge in [0, 0.05) is 0 Å². The average molecular weight is 304 g/mol. The highest BCUT2D eigenvalue weighted by molar-refractivity contribution is 7.59. The minimum Gasteiger partial charge on any atom is -0.101 e. The van der Waals surface area contributed by atoms with Crippen LogP contribution in [-0.2, 0) is 0 Å². The Bertz CT molecular complexity index is 171. The van der Waals surface area contributed by atoms with Gasteiger partial charge >= 0.3 is 0 Å². The Hall–Kier alpha value is 0.860. The maximum absolute atomic E-state index is 2.42. The SMILES string of the molecule is CC(C)P(CCCCCP(C(C)C)C(C)C)C(C)C. The van der Waals surface area contributed by atoms with Crippen LogP contribution in [0.4, 0.5) is 0 Å². The zero-order valence-corrected chi connectivity index (χ0v) is 16.5. The van der Waals surface area contributed by atoms with Crippen LogP contribution in [0.15, 0.2) is 0 Å². The van der Waals surface area contributed by atoms with Crippen molar-refractivity contribution in [3.05, 3.63) is 0 Å². The topological polar surface area (TPSA) is 0 Å². The van der Waals surface area contributed by atoms with Crippen molar-refractivity contribution in [3.63, 3.8) is 0 Å². The third-order valence-electron chi connectivity index (χ3n) is 3.99. The minimum absolute atomic E-state index is 0.270. The Morgan fingerprint density at radius 1 is 0.474 bits per heavy atom. The molecular weight excluding hydrogens is 266 g/mol. The van der Waals surface area contributed by atoms with Crippen molar-refractivity contribution < 1.29 is 0 Å². The van der Waals surface area contributed by atoms with Gasteiger partial charge in [-0.05, 0) is 47.8 Å². The van der Waals surface area contributed by atoms with Gasteiger partial charge in [0.2, 0.25) is 0 Å². The van der Waals surface area contributed by atoms with Crippen molar-refractivity contribution in [1.82, 2.24) is 0 Å². The molecule has 0 aromatic heterocycles. The van der Waals surface area contributed by atoms with Crippen molar-refractivity contribution in [2.24, 2.45) is 0 Å². The van der Waals surface area contributed by atoms with E-state index in [-0.39, 0.29) is 15.8 Å². The van der Waals surface area contributed by atoms with Crippen molar-refractivity contribution in [3.8, 4) is 0 Å². The lowest BCUT2D eigenvalue weighted by atomic mass is 10.3. The van der Waals surface area contributed by atoms with E-state index in [4.69, 9.17) is 0 Å². The molecule has 0 fully saturated rings. The standard InChI is InChI=1S/C17H38P2/c1-14(2)18(15(3)4)12-10-9-11-13-19(16(5)6)17(7)8/h14-17H,9-13H2,1-8H3. The van der Waals surface area contributed by atoms with Gasteiger partial charge in [-0.1, -0.05) is 61.8 Å². The maximum atomic E-state index is 2.42. The first kappa shape index (κ1) is 19.9. The van der Waals surface area contributed by atoms with Gasteiger partial charge in [-0.3, -0.25) is 0 Å². The van der Waals surface area contributed by atoms with Gasteiger partial charge in [0.05, 0.1) is 0 Å². The van der Waals surface area contributed by atoms with Crippen LogP contribution in [0.5, 0.6) is 0 Å². The molecule has 0 amide bonds. The number of rotatable bonds is 10. The van der Waals surface area contributed by atoms with Crippen LogP contribution in [0.1, 0.15) is 74.7 Å². The second kappa shape index (κ2) is 10.6. The molecule has 0 radical (unpaired) electrons. The summed E-state index contributed by atoms with van der Waals surface area (Å²) >= 11 is 0. The lowest BCUT2D eigenvalue weighted by Crippen LogP contribution is -2.08. The molecule has 0 rings (SSSR count). The zero-order valence-electron chi connectivity index (χ0n) is 14.7.